The Balaban J connectivity index is 1.73. The molecule has 0 aliphatic heterocycles. The van der Waals surface area contributed by atoms with Crippen molar-refractivity contribution in [2.75, 3.05) is 5.32 Å². The lowest BCUT2D eigenvalue weighted by Gasteiger charge is -2.10. The standard InChI is InChI=1S/C21H13F2N3O2S/c22-13-2-6-15(7-3-13)24-19(27)12-1-10-17-18(11-12)25-21(29)26(20(17)28)16-8-4-14(23)5-9-16/h1-11H,(H,24,27)(H,25,29). The van der Waals surface area contributed by atoms with Gasteiger partial charge in [-0.2, -0.15) is 0 Å². The predicted octanol–water partition coefficient (Wildman–Crippen LogP) is 4.58. The summed E-state index contributed by atoms with van der Waals surface area (Å²) in [5.74, 6) is -1.24. The normalized spacial score (nSPS) is 10.8. The van der Waals surface area contributed by atoms with Crippen LogP contribution in [0.2, 0.25) is 0 Å². The van der Waals surface area contributed by atoms with E-state index in [0.29, 0.717) is 27.8 Å². The Labute approximate surface area is 168 Å². The van der Waals surface area contributed by atoms with Crippen molar-refractivity contribution in [2.45, 2.75) is 0 Å². The van der Waals surface area contributed by atoms with E-state index in [4.69, 9.17) is 12.2 Å². The van der Waals surface area contributed by atoms with E-state index >= 15 is 0 Å². The third-order valence-corrected chi connectivity index (χ3v) is 4.63. The monoisotopic (exact) mass is 409 g/mol. The highest BCUT2D eigenvalue weighted by molar-refractivity contribution is 7.71. The number of nitrogens with one attached hydrogen (secondary N) is 2. The molecule has 0 saturated carbocycles. The number of aromatic amines is 1. The van der Waals surface area contributed by atoms with Crippen molar-refractivity contribution in [3.8, 4) is 5.69 Å². The lowest BCUT2D eigenvalue weighted by Crippen LogP contribution is -2.21. The van der Waals surface area contributed by atoms with Gasteiger partial charge in [0.25, 0.3) is 11.5 Å². The quantitative estimate of drug-likeness (QED) is 0.487. The summed E-state index contributed by atoms with van der Waals surface area (Å²) in [6.45, 7) is 0. The van der Waals surface area contributed by atoms with Crippen LogP contribution in [0.5, 0.6) is 0 Å². The van der Waals surface area contributed by atoms with E-state index in [1.807, 2.05) is 0 Å². The number of hydrogen-bond acceptors (Lipinski definition) is 3. The maximum atomic E-state index is 13.2. The van der Waals surface area contributed by atoms with Gasteiger partial charge in [0.05, 0.1) is 16.6 Å². The Morgan fingerprint density at radius 3 is 2.21 bits per heavy atom. The first-order chi connectivity index (χ1) is 13.9. The van der Waals surface area contributed by atoms with E-state index in [1.54, 1.807) is 0 Å². The molecule has 1 aromatic heterocycles. The van der Waals surface area contributed by atoms with Crippen molar-refractivity contribution < 1.29 is 13.6 Å². The highest BCUT2D eigenvalue weighted by Crippen LogP contribution is 2.16. The number of aromatic nitrogens is 2. The minimum Gasteiger partial charge on any atom is -0.331 e. The molecule has 0 bridgehead atoms. The van der Waals surface area contributed by atoms with Crippen LogP contribution in [0.3, 0.4) is 0 Å². The summed E-state index contributed by atoms with van der Waals surface area (Å²) in [7, 11) is 0. The van der Waals surface area contributed by atoms with Gasteiger partial charge in [-0.1, -0.05) is 0 Å². The number of amides is 1. The minimum atomic E-state index is -0.422. The van der Waals surface area contributed by atoms with E-state index in [0.717, 1.165) is 0 Å². The van der Waals surface area contributed by atoms with Crippen LogP contribution in [0.25, 0.3) is 16.6 Å². The zero-order valence-electron chi connectivity index (χ0n) is 14.8. The van der Waals surface area contributed by atoms with Gasteiger partial charge in [-0.3, -0.25) is 14.2 Å². The van der Waals surface area contributed by atoms with Gasteiger partial charge in [0, 0.05) is 11.3 Å². The summed E-state index contributed by atoms with van der Waals surface area (Å²) in [6.07, 6.45) is 0. The van der Waals surface area contributed by atoms with Gasteiger partial charge in [0.15, 0.2) is 4.77 Å². The maximum Gasteiger partial charge on any atom is 0.266 e. The smallest absolute Gasteiger partial charge is 0.266 e. The van der Waals surface area contributed by atoms with E-state index in [2.05, 4.69) is 10.3 Å². The number of halogens is 2. The zero-order chi connectivity index (χ0) is 20.5. The SMILES string of the molecule is O=C(Nc1ccc(F)cc1)c1ccc2c(=O)n(-c3ccc(F)cc3)c(=S)[nH]c2c1. The third kappa shape index (κ3) is 3.70. The number of benzene rings is 3. The predicted molar refractivity (Wildman–Crippen MR) is 109 cm³/mol. The van der Waals surface area contributed by atoms with Gasteiger partial charge in [-0.15, -0.1) is 0 Å². The number of carbonyl (C=O) groups is 1. The van der Waals surface area contributed by atoms with Crippen LogP contribution in [0.15, 0.2) is 71.5 Å². The fraction of sp³-hybridized carbons (Fsp3) is 0. The van der Waals surface area contributed by atoms with Crippen molar-refractivity contribution >= 4 is 34.7 Å². The third-order valence-electron chi connectivity index (χ3n) is 4.35. The first-order valence-corrected chi connectivity index (χ1v) is 8.95. The molecule has 2 N–H and O–H groups in total. The minimum absolute atomic E-state index is 0.116. The average molecular weight is 409 g/mol. The summed E-state index contributed by atoms with van der Waals surface area (Å²) in [5.41, 5.74) is 1.17. The molecule has 0 fully saturated rings. The average Bonchev–Trinajstić information content (AvgIpc) is 2.70. The van der Waals surface area contributed by atoms with E-state index in [-0.39, 0.29) is 10.3 Å². The molecule has 0 radical (unpaired) electrons. The van der Waals surface area contributed by atoms with Crippen molar-refractivity contribution in [3.63, 3.8) is 0 Å². The molecule has 4 rings (SSSR count). The van der Waals surface area contributed by atoms with Gasteiger partial charge in [0.2, 0.25) is 0 Å². The molecular weight excluding hydrogens is 396 g/mol. The second-order valence-corrected chi connectivity index (χ2v) is 6.66. The number of anilines is 1. The topological polar surface area (TPSA) is 66.9 Å². The number of rotatable bonds is 3. The molecule has 1 amide bonds. The molecule has 0 saturated heterocycles. The number of fused-ring (bicyclic) bond motifs is 1. The van der Waals surface area contributed by atoms with Crippen molar-refractivity contribution in [1.29, 1.82) is 0 Å². The second-order valence-electron chi connectivity index (χ2n) is 6.27. The summed E-state index contributed by atoms with van der Waals surface area (Å²) in [4.78, 5) is 28.3. The first-order valence-electron chi connectivity index (χ1n) is 8.54. The number of nitrogens with zero attached hydrogens (tertiary/aromatic N) is 1. The molecule has 1 heterocycles. The fourth-order valence-electron chi connectivity index (χ4n) is 2.92. The summed E-state index contributed by atoms with van der Waals surface area (Å²) >= 11 is 5.29. The Hall–Kier alpha value is -3.65. The van der Waals surface area contributed by atoms with Gasteiger partial charge < -0.3 is 10.3 Å². The van der Waals surface area contributed by atoms with Crippen molar-refractivity contribution in [2.24, 2.45) is 0 Å². The summed E-state index contributed by atoms with van der Waals surface area (Å²) in [6, 6.07) is 15.3. The van der Waals surface area contributed by atoms with Crippen molar-refractivity contribution in [3.05, 3.63) is 99.1 Å². The summed E-state index contributed by atoms with van der Waals surface area (Å²) < 4.78 is 27.5. The van der Waals surface area contributed by atoms with E-state index in [9.17, 15) is 18.4 Å². The Morgan fingerprint density at radius 2 is 1.55 bits per heavy atom. The van der Waals surface area contributed by atoms with Crippen LogP contribution in [-0.4, -0.2) is 15.5 Å². The zero-order valence-corrected chi connectivity index (χ0v) is 15.6. The maximum absolute atomic E-state index is 13.2. The lowest BCUT2D eigenvalue weighted by atomic mass is 10.1. The molecule has 29 heavy (non-hydrogen) atoms. The number of carbonyl (C=O) groups excluding carboxylic acids is 1. The van der Waals surface area contributed by atoms with Gasteiger partial charge in [0.1, 0.15) is 11.6 Å². The molecule has 144 valence electrons. The van der Waals surface area contributed by atoms with Crippen molar-refractivity contribution in [1.82, 2.24) is 9.55 Å². The van der Waals surface area contributed by atoms with Crippen LogP contribution < -0.4 is 10.9 Å². The van der Waals surface area contributed by atoms with E-state index < -0.39 is 17.5 Å². The molecule has 8 heteroatoms. The molecular formula is C21H13F2N3O2S. The van der Waals surface area contributed by atoms with E-state index in [1.165, 1.54) is 71.3 Å². The van der Waals surface area contributed by atoms with Crippen LogP contribution in [0.4, 0.5) is 14.5 Å². The van der Waals surface area contributed by atoms with Crippen LogP contribution in [0.1, 0.15) is 10.4 Å². The van der Waals surface area contributed by atoms with Crippen LogP contribution >= 0.6 is 12.2 Å². The van der Waals surface area contributed by atoms with Gasteiger partial charge in [-0.25, -0.2) is 8.78 Å². The van der Waals surface area contributed by atoms with Gasteiger partial charge >= 0.3 is 0 Å². The molecule has 3 aromatic carbocycles. The second kappa shape index (κ2) is 7.40. The molecule has 0 aliphatic carbocycles. The van der Waals surface area contributed by atoms with Gasteiger partial charge in [-0.05, 0) is 78.9 Å². The largest absolute Gasteiger partial charge is 0.331 e. The Kier molecular flexibility index (Phi) is 4.77. The highest BCUT2D eigenvalue weighted by Gasteiger charge is 2.12. The number of H-pyrrole nitrogens is 1. The fourth-order valence-corrected chi connectivity index (χ4v) is 3.22. The molecule has 0 atom stereocenters. The van der Waals surface area contributed by atoms with Crippen LogP contribution in [-0.2, 0) is 0 Å². The van der Waals surface area contributed by atoms with Crippen LogP contribution in [0, 0.1) is 16.4 Å². The number of hydrogen-bond donors (Lipinski definition) is 2. The molecule has 0 unspecified atom stereocenters. The molecule has 0 spiro atoms. The molecule has 5 nitrogen and oxygen atoms in total. The first kappa shape index (κ1) is 18.7. The highest BCUT2D eigenvalue weighted by atomic mass is 32.1. The molecule has 0 aliphatic rings. The molecule has 4 aromatic rings. The Morgan fingerprint density at radius 1 is 0.931 bits per heavy atom. The summed E-state index contributed by atoms with van der Waals surface area (Å²) in [5, 5.41) is 2.98. The lowest BCUT2D eigenvalue weighted by molar-refractivity contribution is 0.102. The Bertz CT molecular complexity index is 1340.